The SMILES string of the molecule is CC(=O)c1ccc(NC(=O)/C(C#N)=C\NCCCOC(C)C)cc1. The molecule has 2 N–H and O–H groups in total. The van der Waals surface area contributed by atoms with E-state index >= 15 is 0 Å². The van der Waals surface area contributed by atoms with E-state index < -0.39 is 5.91 Å². The van der Waals surface area contributed by atoms with Gasteiger partial charge in [0.05, 0.1) is 6.10 Å². The van der Waals surface area contributed by atoms with Gasteiger partial charge in [0.25, 0.3) is 5.91 Å². The molecule has 24 heavy (non-hydrogen) atoms. The molecule has 128 valence electrons. The van der Waals surface area contributed by atoms with E-state index in [-0.39, 0.29) is 17.5 Å². The number of hydrogen-bond donors (Lipinski definition) is 2. The summed E-state index contributed by atoms with van der Waals surface area (Å²) in [6.07, 6.45) is 2.37. The summed E-state index contributed by atoms with van der Waals surface area (Å²) >= 11 is 0. The molecule has 6 heteroatoms. The van der Waals surface area contributed by atoms with Crippen LogP contribution in [-0.2, 0) is 9.53 Å². The van der Waals surface area contributed by atoms with Gasteiger partial charge >= 0.3 is 0 Å². The Morgan fingerprint density at radius 1 is 1.29 bits per heavy atom. The summed E-state index contributed by atoms with van der Waals surface area (Å²) in [7, 11) is 0. The standard InChI is InChI=1S/C18H23N3O3/c1-13(2)24-10-4-9-20-12-16(11-19)18(23)21-17-7-5-15(6-8-17)14(3)22/h5-8,12-13,20H,4,9-10H2,1-3H3,(H,21,23)/b16-12-. The fraction of sp³-hybridized carbons (Fsp3) is 0.389. The van der Waals surface area contributed by atoms with Crippen LogP contribution in [0, 0.1) is 11.3 Å². The van der Waals surface area contributed by atoms with Crippen molar-refractivity contribution in [1.82, 2.24) is 5.32 Å². The first-order valence-electron chi connectivity index (χ1n) is 7.81. The highest BCUT2D eigenvalue weighted by Gasteiger charge is 2.09. The first kappa shape index (κ1) is 19.4. The number of ketones is 1. The number of Topliss-reactive ketones (excluding diaryl/α,β-unsaturated/α-hetero) is 1. The van der Waals surface area contributed by atoms with E-state index in [4.69, 9.17) is 10.00 Å². The minimum atomic E-state index is -0.501. The molecule has 1 aromatic rings. The van der Waals surface area contributed by atoms with Gasteiger partial charge in [0.2, 0.25) is 0 Å². The van der Waals surface area contributed by atoms with Crippen LogP contribution < -0.4 is 10.6 Å². The zero-order valence-electron chi connectivity index (χ0n) is 14.3. The molecule has 0 fully saturated rings. The smallest absolute Gasteiger partial charge is 0.267 e. The number of ether oxygens (including phenoxy) is 1. The molecule has 0 aromatic heterocycles. The number of amides is 1. The van der Waals surface area contributed by atoms with Gasteiger partial charge in [0.1, 0.15) is 11.6 Å². The maximum absolute atomic E-state index is 12.0. The number of nitrogens with zero attached hydrogens (tertiary/aromatic N) is 1. The molecular formula is C18H23N3O3. The number of nitrogens with one attached hydrogen (secondary N) is 2. The van der Waals surface area contributed by atoms with E-state index in [1.165, 1.54) is 13.1 Å². The third kappa shape index (κ3) is 7.07. The van der Waals surface area contributed by atoms with Crippen molar-refractivity contribution >= 4 is 17.4 Å². The molecule has 0 heterocycles. The quantitative estimate of drug-likeness (QED) is 0.314. The van der Waals surface area contributed by atoms with Gasteiger partial charge in [-0.25, -0.2) is 0 Å². The minimum Gasteiger partial charge on any atom is -0.390 e. The Morgan fingerprint density at radius 3 is 2.50 bits per heavy atom. The number of nitriles is 1. The molecule has 0 unspecified atom stereocenters. The van der Waals surface area contributed by atoms with Crippen molar-refractivity contribution < 1.29 is 14.3 Å². The van der Waals surface area contributed by atoms with Crippen molar-refractivity contribution in [2.75, 3.05) is 18.5 Å². The van der Waals surface area contributed by atoms with Crippen molar-refractivity contribution in [3.05, 3.63) is 41.6 Å². The van der Waals surface area contributed by atoms with Gasteiger partial charge < -0.3 is 15.4 Å². The van der Waals surface area contributed by atoms with Crippen molar-refractivity contribution in [2.24, 2.45) is 0 Å². The Balaban J connectivity index is 2.49. The molecule has 0 bridgehead atoms. The molecule has 1 aromatic carbocycles. The Labute approximate surface area is 142 Å². The summed E-state index contributed by atoms with van der Waals surface area (Å²) in [5.74, 6) is -0.546. The van der Waals surface area contributed by atoms with Crippen LogP contribution >= 0.6 is 0 Å². The number of carbonyl (C=O) groups excluding carboxylic acids is 2. The third-order valence-electron chi connectivity index (χ3n) is 3.08. The Kier molecular flexibility index (Phi) is 8.23. The number of hydrogen-bond acceptors (Lipinski definition) is 5. The Morgan fingerprint density at radius 2 is 1.96 bits per heavy atom. The summed E-state index contributed by atoms with van der Waals surface area (Å²) in [6.45, 7) is 6.64. The Hall–Kier alpha value is -2.65. The number of anilines is 1. The molecule has 0 aliphatic rings. The zero-order valence-corrected chi connectivity index (χ0v) is 14.3. The summed E-state index contributed by atoms with van der Waals surface area (Å²) in [6, 6.07) is 8.36. The predicted octanol–water partition coefficient (Wildman–Crippen LogP) is 2.64. The molecule has 0 spiro atoms. The molecule has 0 saturated carbocycles. The molecule has 1 rings (SSSR count). The van der Waals surface area contributed by atoms with Crippen LogP contribution in [0.1, 0.15) is 37.6 Å². The van der Waals surface area contributed by atoms with E-state index in [1.54, 1.807) is 24.3 Å². The van der Waals surface area contributed by atoms with E-state index in [2.05, 4.69) is 10.6 Å². The topological polar surface area (TPSA) is 91.2 Å². The van der Waals surface area contributed by atoms with Crippen LogP contribution in [0.3, 0.4) is 0 Å². The summed E-state index contributed by atoms with van der Waals surface area (Å²) in [4.78, 5) is 23.2. The fourth-order valence-corrected chi connectivity index (χ4v) is 1.80. The van der Waals surface area contributed by atoms with Crippen LogP contribution in [0.2, 0.25) is 0 Å². The third-order valence-corrected chi connectivity index (χ3v) is 3.08. The molecule has 0 aliphatic carbocycles. The summed E-state index contributed by atoms with van der Waals surface area (Å²) < 4.78 is 5.40. The number of rotatable bonds is 9. The lowest BCUT2D eigenvalue weighted by atomic mass is 10.1. The molecule has 0 saturated heterocycles. The van der Waals surface area contributed by atoms with Gasteiger partial charge in [0, 0.05) is 30.6 Å². The van der Waals surface area contributed by atoms with Crippen molar-refractivity contribution in [3.63, 3.8) is 0 Å². The highest BCUT2D eigenvalue weighted by atomic mass is 16.5. The van der Waals surface area contributed by atoms with E-state index in [1.807, 2.05) is 19.9 Å². The number of carbonyl (C=O) groups is 2. The average Bonchev–Trinajstić information content (AvgIpc) is 2.54. The zero-order chi connectivity index (χ0) is 17.9. The normalized spacial score (nSPS) is 11.0. The van der Waals surface area contributed by atoms with Gasteiger partial charge in [-0.2, -0.15) is 5.26 Å². The minimum absolute atomic E-state index is 0.0181. The first-order chi connectivity index (χ1) is 11.4. The fourth-order valence-electron chi connectivity index (χ4n) is 1.80. The summed E-state index contributed by atoms with van der Waals surface area (Å²) in [5.41, 5.74) is 1.07. The molecule has 1 amide bonds. The van der Waals surface area contributed by atoms with Crippen LogP contribution in [0.4, 0.5) is 5.69 Å². The highest BCUT2D eigenvalue weighted by Crippen LogP contribution is 2.11. The lowest BCUT2D eigenvalue weighted by molar-refractivity contribution is -0.112. The monoisotopic (exact) mass is 329 g/mol. The largest absolute Gasteiger partial charge is 0.390 e. The van der Waals surface area contributed by atoms with Gasteiger partial charge in [-0.15, -0.1) is 0 Å². The predicted molar refractivity (Wildman–Crippen MR) is 92.5 cm³/mol. The van der Waals surface area contributed by atoms with Crippen molar-refractivity contribution in [2.45, 2.75) is 33.3 Å². The van der Waals surface area contributed by atoms with Crippen molar-refractivity contribution in [3.8, 4) is 6.07 Å². The highest BCUT2D eigenvalue weighted by molar-refractivity contribution is 6.06. The summed E-state index contributed by atoms with van der Waals surface area (Å²) in [5, 5.41) is 14.6. The lowest BCUT2D eigenvalue weighted by Gasteiger charge is -2.07. The maximum atomic E-state index is 12.0. The lowest BCUT2D eigenvalue weighted by Crippen LogP contribution is -2.18. The van der Waals surface area contributed by atoms with Crippen LogP contribution in [0.5, 0.6) is 0 Å². The first-order valence-corrected chi connectivity index (χ1v) is 7.81. The molecule has 0 atom stereocenters. The number of benzene rings is 1. The van der Waals surface area contributed by atoms with Gasteiger partial charge in [-0.3, -0.25) is 9.59 Å². The second-order valence-electron chi connectivity index (χ2n) is 5.48. The Bertz CT molecular complexity index is 628. The van der Waals surface area contributed by atoms with E-state index in [0.29, 0.717) is 24.4 Å². The van der Waals surface area contributed by atoms with Gasteiger partial charge in [0.15, 0.2) is 5.78 Å². The average molecular weight is 329 g/mol. The molecule has 6 nitrogen and oxygen atoms in total. The molecule has 0 radical (unpaired) electrons. The van der Waals surface area contributed by atoms with Gasteiger partial charge in [-0.1, -0.05) is 0 Å². The maximum Gasteiger partial charge on any atom is 0.267 e. The van der Waals surface area contributed by atoms with Crippen molar-refractivity contribution in [1.29, 1.82) is 5.26 Å². The second kappa shape index (κ2) is 10.2. The molecular weight excluding hydrogens is 306 g/mol. The second-order valence-corrected chi connectivity index (χ2v) is 5.48. The van der Waals surface area contributed by atoms with Crippen LogP contribution in [0.15, 0.2) is 36.0 Å². The van der Waals surface area contributed by atoms with Gasteiger partial charge in [-0.05, 0) is 51.5 Å². The molecule has 0 aliphatic heterocycles. The van der Waals surface area contributed by atoms with Crippen LogP contribution in [0.25, 0.3) is 0 Å². The van der Waals surface area contributed by atoms with E-state index in [9.17, 15) is 9.59 Å². The van der Waals surface area contributed by atoms with E-state index in [0.717, 1.165) is 6.42 Å². The van der Waals surface area contributed by atoms with Crippen LogP contribution in [-0.4, -0.2) is 30.9 Å².